The lowest BCUT2D eigenvalue weighted by atomic mass is 10.1. The van der Waals surface area contributed by atoms with Gasteiger partial charge in [-0.15, -0.1) is 0 Å². The highest BCUT2D eigenvalue weighted by atomic mass is 127. The van der Waals surface area contributed by atoms with Gasteiger partial charge in [-0.2, -0.15) is 0 Å². The van der Waals surface area contributed by atoms with Gasteiger partial charge in [0, 0.05) is 29.2 Å². The van der Waals surface area contributed by atoms with Crippen LogP contribution >= 0.6 is 0 Å². The molecule has 0 saturated heterocycles. The molecule has 0 aliphatic rings. The second-order valence-electron chi connectivity index (χ2n) is 7.10. The van der Waals surface area contributed by atoms with Crippen molar-refractivity contribution in [2.75, 3.05) is 28.3 Å². The molecule has 24 heavy (non-hydrogen) atoms. The summed E-state index contributed by atoms with van der Waals surface area (Å²) in [4.78, 5) is 0. The highest BCUT2D eigenvalue weighted by Crippen LogP contribution is 2.24. The molecule has 0 unspecified atom stereocenters. The van der Waals surface area contributed by atoms with Crippen LogP contribution in [0, 0.1) is 0 Å². The van der Waals surface area contributed by atoms with E-state index in [1.165, 1.54) is 22.0 Å². The highest BCUT2D eigenvalue weighted by Gasteiger charge is 2.15. The molecule has 0 N–H and O–H groups in total. The molecule has 1 aromatic heterocycles. The minimum atomic E-state index is 0. The van der Waals surface area contributed by atoms with Crippen molar-refractivity contribution in [3.63, 3.8) is 0 Å². The molecule has 0 atom stereocenters. The Morgan fingerprint density at radius 3 is 2.25 bits per heavy atom. The summed E-state index contributed by atoms with van der Waals surface area (Å²) >= 11 is 0. The molecule has 0 aliphatic heterocycles. The largest absolute Gasteiger partial charge is 1.00 e. The van der Waals surface area contributed by atoms with E-state index in [1.54, 1.807) is 7.11 Å². The predicted molar refractivity (Wildman–Crippen MR) is 95.8 cm³/mol. The molecule has 4 heteroatoms. The Morgan fingerprint density at radius 2 is 1.62 bits per heavy atom. The van der Waals surface area contributed by atoms with Crippen LogP contribution in [0.25, 0.3) is 10.9 Å². The smallest absolute Gasteiger partial charge is 0.118 e. The number of nitrogens with zero attached hydrogens (tertiary/aromatic N) is 2. The molecule has 3 nitrogen and oxygen atoms in total. The Kier molecular flexibility index (Phi) is 5.93. The van der Waals surface area contributed by atoms with E-state index in [1.807, 2.05) is 12.1 Å². The SMILES string of the molecule is COc1ccc(Cn2cc(C[N+](C)(C)C)c3ccccc32)cc1.[I-]. The number of methoxy groups -OCH3 is 1. The summed E-state index contributed by atoms with van der Waals surface area (Å²) in [6, 6.07) is 17.0. The molecule has 3 aromatic rings. The average Bonchev–Trinajstić information content (AvgIpc) is 2.84. The minimum Gasteiger partial charge on any atom is -1.00 e. The van der Waals surface area contributed by atoms with Gasteiger partial charge in [0.05, 0.1) is 28.3 Å². The number of hydrogen-bond donors (Lipinski definition) is 0. The molecular formula is C20H25IN2O. The highest BCUT2D eigenvalue weighted by molar-refractivity contribution is 5.83. The van der Waals surface area contributed by atoms with Gasteiger partial charge in [-0.25, -0.2) is 0 Å². The van der Waals surface area contributed by atoms with E-state index in [9.17, 15) is 0 Å². The predicted octanol–water partition coefficient (Wildman–Crippen LogP) is 0.908. The summed E-state index contributed by atoms with van der Waals surface area (Å²) in [5.74, 6) is 0.900. The number of ether oxygens (including phenoxy) is 1. The number of para-hydroxylation sites is 1. The van der Waals surface area contributed by atoms with Crippen molar-refractivity contribution in [3.8, 4) is 5.75 Å². The minimum absolute atomic E-state index is 0. The zero-order chi connectivity index (χ0) is 16.4. The number of hydrogen-bond acceptors (Lipinski definition) is 1. The Balaban J connectivity index is 0.00000208. The molecule has 0 spiro atoms. The second-order valence-corrected chi connectivity index (χ2v) is 7.10. The first-order chi connectivity index (χ1) is 11.0. The molecule has 1 heterocycles. The summed E-state index contributed by atoms with van der Waals surface area (Å²) in [7, 11) is 8.40. The number of fused-ring (bicyclic) bond motifs is 1. The Hall–Kier alpha value is -1.53. The molecule has 3 rings (SSSR count). The van der Waals surface area contributed by atoms with Crippen LogP contribution in [0.5, 0.6) is 5.75 Å². The third kappa shape index (κ3) is 4.30. The Labute approximate surface area is 161 Å². The lowest BCUT2D eigenvalue weighted by molar-refractivity contribution is -0.883. The first kappa shape index (κ1) is 18.8. The fourth-order valence-electron chi connectivity index (χ4n) is 3.02. The third-order valence-electron chi connectivity index (χ3n) is 4.03. The van der Waals surface area contributed by atoms with Crippen LogP contribution in [-0.4, -0.2) is 37.3 Å². The molecule has 0 amide bonds. The van der Waals surface area contributed by atoms with Gasteiger partial charge in [0.15, 0.2) is 0 Å². The Morgan fingerprint density at radius 1 is 0.958 bits per heavy atom. The summed E-state index contributed by atoms with van der Waals surface area (Å²) < 4.78 is 8.52. The van der Waals surface area contributed by atoms with Crippen molar-refractivity contribution >= 4 is 10.9 Å². The van der Waals surface area contributed by atoms with Gasteiger partial charge in [-0.1, -0.05) is 30.3 Å². The van der Waals surface area contributed by atoms with E-state index in [4.69, 9.17) is 4.74 Å². The fourth-order valence-corrected chi connectivity index (χ4v) is 3.02. The van der Waals surface area contributed by atoms with Crippen molar-refractivity contribution in [3.05, 3.63) is 65.9 Å². The summed E-state index contributed by atoms with van der Waals surface area (Å²) in [6.45, 7) is 1.90. The maximum Gasteiger partial charge on any atom is 0.118 e. The first-order valence-electron chi connectivity index (χ1n) is 7.96. The third-order valence-corrected chi connectivity index (χ3v) is 4.03. The standard InChI is InChI=1S/C20H25N2O.HI/c1-22(2,3)15-17-14-21(20-8-6-5-7-19(17)20)13-16-9-11-18(23-4)12-10-16;/h5-12,14H,13,15H2,1-4H3;1H/q+1;/p-1. The van der Waals surface area contributed by atoms with Gasteiger partial charge in [-0.05, 0) is 23.8 Å². The zero-order valence-corrected chi connectivity index (χ0v) is 16.9. The molecule has 128 valence electrons. The topological polar surface area (TPSA) is 14.2 Å². The van der Waals surface area contributed by atoms with E-state index < -0.39 is 0 Å². The summed E-state index contributed by atoms with van der Waals surface area (Å²) in [5, 5.41) is 1.36. The average molecular weight is 436 g/mol. The quantitative estimate of drug-likeness (QED) is 0.429. The van der Waals surface area contributed by atoms with Crippen molar-refractivity contribution < 1.29 is 33.2 Å². The summed E-state index contributed by atoms with van der Waals surface area (Å²) in [6.07, 6.45) is 2.30. The fraction of sp³-hybridized carbons (Fsp3) is 0.300. The normalized spacial score (nSPS) is 11.3. The lowest BCUT2D eigenvalue weighted by Gasteiger charge is -2.23. The monoisotopic (exact) mass is 436 g/mol. The molecule has 0 fully saturated rings. The van der Waals surface area contributed by atoms with Crippen LogP contribution in [-0.2, 0) is 13.1 Å². The number of aromatic nitrogens is 1. The molecule has 2 aromatic carbocycles. The van der Waals surface area contributed by atoms with Crippen LogP contribution in [0.2, 0.25) is 0 Å². The second kappa shape index (κ2) is 7.57. The van der Waals surface area contributed by atoms with Crippen molar-refractivity contribution in [1.29, 1.82) is 0 Å². The molecule has 0 bridgehead atoms. The number of benzene rings is 2. The van der Waals surface area contributed by atoms with E-state index in [-0.39, 0.29) is 24.0 Å². The molecule has 0 saturated carbocycles. The molecule has 0 radical (unpaired) electrons. The van der Waals surface area contributed by atoms with Gasteiger partial charge in [-0.3, -0.25) is 0 Å². The van der Waals surface area contributed by atoms with Crippen LogP contribution in [0.4, 0.5) is 0 Å². The van der Waals surface area contributed by atoms with E-state index >= 15 is 0 Å². The van der Waals surface area contributed by atoms with E-state index in [0.717, 1.165) is 23.3 Å². The van der Waals surface area contributed by atoms with Crippen LogP contribution in [0.1, 0.15) is 11.1 Å². The van der Waals surface area contributed by atoms with Crippen molar-refractivity contribution in [2.24, 2.45) is 0 Å². The van der Waals surface area contributed by atoms with Crippen molar-refractivity contribution in [1.82, 2.24) is 4.57 Å². The van der Waals surface area contributed by atoms with Crippen molar-refractivity contribution in [2.45, 2.75) is 13.1 Å². The van der Waals surface area contributed by atoms with Crippen LogP contribution < -0.4 is 28.7 Å². The molecular weight excluding hydrogens is 411 g/mol. The van der Waals surface area contributed by atoms with Gasteiger partial charge < -0.3 is 37.8 Å². The van der Waals surface area contributed by atoms with E-state index in [0.29, 0.717) is 0 Å². The van der Waals surface area contributed by atoms with Crippen LogP contribution in [0.15, 0.2) is 54.7 Å². The Bertz CT molecular complexity index is 801. The number of rotatable bonds is 5. The van der Waals surface area contributed by atoms with Crippen LogP contribution in [0.3, 0.4) is 0 Å². The van der Waals surface area contributed by atoms with Gasteiger partial charge in [0.1, 0.15) is 12.3 Å². The van der Waals surface area contributed by atoms with Gasteiger partial charge in [0.25, 0.3) is 0 Å². The zero-order valence-electron chi connectivity index (χ0n) is 14.8. The van der Waals surface area contributed by atoms with E-state index in [2.05, 4.69) is 68.3 Å². The maximum atomic E-state index is 5.24. The number of halogens is 1. The molecule has 0 aliphatic carbocycles. The first-order valence-corrected chi connectivity index (χ1v) is 7.96. The number of quaternary nitrogens is 1. The lowest BCUT2D eigenvalue weighted by Crippen LogP contribution is -3.00. The van der Waals surface area contributed by atoms with Gasteiger partial charge >= 0.3 is 0 Å². The van der Waals surface area contributed by atoms with Gasteiger partial charge in [0.2, 0.25) is 0 Å². The summed E-state index contributed by atoms with van der Waals surface area (Å²) in [5.41, 5.74) is 3.98. The maximum absolute atomic E-state index is 5.24.